The smallest absolute Gasteiger partial charge is 0.0770 e. The van der Waals surface area contributed by atoms with E-state index in [4.69, 9.17) is 4.74 Å². The number of likely N-dealkylation sites (N-methyl/N-ethyl adjacent to an activating group) is 1. The highest BCUT2D eigenvalue weighted by atomic mass is 16.5. The monoisotopic (exact) mass is 312 g/mol. The zero-order valence-corrected chi connectivity index (χ0v) is 13.7. The number of aromatic nitrogens is 1. The van der Waals surface area contributed by atoms with Crippen LogP contribution in [0.25, 0.3) is 5.57 Å². The molecule has 0 radical (unpaired) electrons. The van der Waals surface area contributed by atoms with E-state index >= 15 is 0 Å². The van der Waals surface area contributed by atoms with Crippen molar-refractivity contribution in [2.45, 2.75) is 13.0 Å². The SMILES string of the molecule is CN1CC=C(C2=CN(N3CCOCC3)Cc3cccnc32)CC1. The molecule has 1 fully saturated rings. The molecule has 5 nitrogen and oxygen atoms in total. The summed E-state index contributed by atoms with van der Waals surface area (Å²) in [6.45, 7) is 6.58. The predicted molar refractivity (Wildman–Crippen MR) is 90.3 cm³/mol. The topological polar surface area (TPSA) is 31.8 Å². The van der Waals surface area contributed by atoms with Crippen molar-refractivity contribution in [1.82, 2.24) is 19.9 Å². The van der Waals surface area contributed by atoms with E-state index in [1.54, 1.807) is 0 Å². The Labute approximate surface area is 137 Å². The van der Waals surface area contributed by atoms with E-state index in [1.165, 1.54) is 16.7 Å². The van der Waals surface area contributed by atoms with E-state index in [9.17, 15) is 0 Å². The van der Waals surface area contributed by atoms with Crippen LogP contribution in [0.15, 0.2) is 36.2 Å². The van der Waals surface area contributed by atoms with E-state index in [0.29, 0.717) is 0 Å². The molecular formula is C18H24N4O. The maximum absolute atomic E-state index is 5.50. The molecule has 1 aromatic rings. The summed E-state index contributed by atoms with van der Waals surface area (Å²) in [4.78, 5) is 7.04. The number of morpholine rings is 1. The third-order valence-electron chi connectivity index (χ3n) is 4.87. The number of hydrazine groups is 1. The van der Waals surface area contributed by atoms with Gasteiger partial charge in [0.05, 0.1) is 25.5 Å². The molecule has 4 heterocycles. The third-order valence-corrected chi connectivity index (χ3v) is 4.87. The lowest BCUT2D eigenvalue weighted by molar-refractivity contribution is -0.0677. The zero-order valence-electron chi connectivity index (χ0n) is 13.7. The summed E-state index contributed by atoms with van der Waals surface area (Å²) >= 11 is 0. The first-order valence-electron chi connectivity index (χ1n) is 8.44. The van der Waals surface area contributed by atoms with Crippen molar-refractivity contribution in [3.63, 3.8) is 0 Å². The van der Waals surface area contributed by atoms with Crippen LogP contribution in [0.4, 0.5) is 0 Å². The average molecular weight is 312 g/mol. The number of pyridine rings is 1. The molecule has 0 atom stereocenters. The number of nitrogens with zero attached hydrogens (tertiary/aromatic N) is 4. The molecule has 0 aliphatic carbocycles. The number of fused-ring (bicyclic) bond motifs is 1. The van der Waals surface area contributed by atoms with Crippen LogP contribution in [-0.2, 0) is 11.3 Å². The molecule has 0 spiro atoms. The second-order valence-corrected chi connectivity index (χ2v) is 6.46. The van der Waals surface area contributed by atoms with Crippen molar-refractivity contribution >= 4 is 5.57 Å². The van der Waals surface area contributed by atoms with Gasteiger partial charge in [-0.25, -0.2) is 5.01 Å². The standard InChI is InChI=1S/C18H24N4O/c1-20-7-4-15(5-8-20)17-14-22(21-9-11-23-12-10-21)13-16-3-2-6-19-18(16)17/h2-4,6,14H,5,7-13H2,1H3. The fraction of sp³-hybridized carbons (Fsp3) is 0.500. The van der Waals surface area contributed by atoms with Gasteiger partial charge in [-0.05, 0) is 30.7 Å². The molecule has 1 saturated heterocycles. The number of hydrogen-bond donors (Lipinski definition) is 0. The lowest BCUT2D eigenvalue weighted by atomic mass is 9.93. The van der Waals surface area contributed by atoms with Crippen molar-refractivity contribution in [3.05, 3.63) is 47.4 Å². The molecule has 122 valence electrons. The largest absolute Gasteiger partial charge is 0.379 e. The Hall–Kier alpha value is -1.69. The molecule has 23 heavy (non-hydrogen) atoms. The highest BCUT2D eigenvalue weighted by Gasteiger charge is 2.26. The van der Waals surface area contributed by atoms with E-state index in [-0.39, 0.29) is 0 Å². The van der Waals surface area contributed by atoms with Gasteiger partial charge in [0.25, 0.3) is 0 Å². The molecule has 3 aliphatic heterocycles. The minimum Gasteiger partial charge on any atom is -0.379 e. The van der Waals surface area contributed by atoms with Gasteiger partial charge in [0, 0.05) is 44.1 Å². The van der Waals surface area contributed by atoms with Crippen LogP contribution < -0.4 is 0 Å². The van der Waals surface area contributed by atoms with Crippen LogP contribution in [0.2, 0.25) is 0 Å². The van der Waals surface area contributed by atoms with Crippen LogP contribution in [0.3, 0.4) is 0 Å². The van der Waals surface area contributed by atoms with Crippen molar-refractivity contribution in [2.24, 2.45) is 0 Å². The summed E-state index contributed by atoms with van der Waals surface area (Å²) in [6.07, 6.45) is 7.66. The van der Waals surface area contributed by atoms with Crippen LogP contribution in [0, 0.1) is 0 Å². The van der Waals surface area contributed by atoms with Gasteiger partial charge < -0.3 is 14.6 Å². The Morgan fingerprint density at radius 3 is 2.83 bits per heavy atom. The average Bonchev–Trinajstić information content (AvgIpc) is 2.62. The van der Waals surface area contributed by atoms with Crippen LogP contribution in [0.1, 0.15) is 17.7 Å². The second-order valence-electron chi connectivity index (χ2n) is 6.46. The van der Waals surface area contributed by atoms with E-state index in [2.05, 4.69) is 45.3 Å². The summed E-state index contributed by atoms with van der Waals surface area (Å²) in [5.74, 6) is 0. The quantitative estimate of drug-likeness (QED) is 0.830. The van der Waals surface area contributed by atoms with Crippen molar-refractivity contribution in [1.29, 1.82) is 0 Å². The van der Waals surface area contributed by atoms with Gasteiger partial charge in [0.2, 0.25) is 0 Å². The maximum Gasteiger partial charge on any atom is 0.0770 e. The van der Waals surface area contributed by atoms with Gasteiger partial charge >= 0.3 is 0 Å². The number of rotatable bonds is 2. The summed E-state index contributed by atoms with van der Waals surface area (Å²) in [5.41, 5.74) is 5.21. The molecule has 4 rings (SSSR count). The molecular weight excluding hydrogens is 288 g/mol. The van der Waals surface area contributed by atoms with Gasteiger partial charge in [-0.1, -0.05) is 12.1 Å². The summed E-state index contributed by atoms with van der Waals surface area (Å²) < 4.78 is 5.50. The van der Waals surface area contributed by atoms with E-state index < -0.39 is 0 Å². The van der Waals surface area contributed by atoms with Crippen molar-refractivity contribution in [3.8, 4) is 0 Å². The van der Waals surface area contributed by atoms with Gasteiger partial charge in [-0.2, -0.15) is 0 Å². The zero-order chi connectivity index (χ0) is 15.6. The third kappa shape index (κ3) is 3.04. The van der Waals surface area contributed by atoms with Crippen molar-refractivity contribution < 1.29 is 4.74 Å². The normalized spacial score (nSPS) is 23.3. The van der Waals surface area contributed by atoms with Gasteiger partial charge in [-0.15, -0.1) is 0 Å². The minimum atomic E-state index is 0.813. The molecule has 1 aromatic heterocycles. The fourth-order valence-corrected chi connectivity index (χ4v) is 3.48. The van der Waals surface area contributed by atoms with Gasteiger partial charge in [0.1, 0.15) is 0 Å². The maximum atomic E-state index is 5.50. The van der Waals surface area contributed by atoms with E-state index in [1.807, 2.05) is 12.3 Å². The highest BCUT2D eigenvalue weighted by Crippen LogP contribution is 2.33. The molecule has 0 saturated carbocycles. The summed E-state index contributed by atoms with van der Waals surface area (Å²) in [7, 11) is 2.18. The Morgan fingerprint density at radius 2 is 2.04 bits per heavy atom. The molecule has 0 unspecified atom stereocenters. The Balaban J connectivity index is 1.68. The van der Waals surface area contributed by atoms with Crippen molar-refractivity contribution in [2.75, 3.05) is 46.4 Å². The highest BCUT2D eigenvalue weighted by molar-refractivity contribution is 5.79. The Bertz CT molecular complexity index is 634. The molecule has 0 bridgehead atoms. The minimum absolute atomic E-state index is 0.813. The first-order valence-corrected chi connectivity index (χ1v) is 8.44. The summed E-state index contributed by atoms with van der Waals surface area (Å²) in [5, 5.41) is 4.76. The molecule has 0 N–H and O–H groups in total. The number of allylic oxidation sites excluding steroid dienone is 1. The number of hydrogen-bond acceptors (Lipinski definition) is 5. The van der Waals surface area contributed by atoms with Crippen LogP contribution in [-0.4, -0.2) is 66.3 Å². The number of ether oxygens (including phenoxy) is 1. The first-order chi connectivity index (χ1) is 11.3. The van der Waals surface area contributed by atoms with Crippen LogP contribution >= 0.6 is 0 Å². The fourth-order valence-electron chi connectivity index (χ4n) is 3.48. The van der Waals surface area contributed by atoms with Gasteiger partial charge in [0.15, 0.2) is 0 Å². The molecule has 3 aliphatic rings. The predicted octanol–water partition coefficient (Wildman–Crippen LogP) is 1.75. The molecule has 0 aromatic carbocycles. The second kappa shape index (κ2) is 6.43. The first kappa shape index (κ1) is 14.9. The Morgan fingerprint density at radius 1 is 1.17 bits per heavy atom. The lowest BCUT2D eigenvalue weighted by Crippen LogP contribution is -2.47. The Kier molecular flexibility index (Phi) is 4.16. The van der Waals surface area contributed by atoms with E-state index in [0.717, 1.165) is 58.1 Å². The lowest BCUT2D eigenvalue weighted by Gasteiger charge is -2.40. The summed E-state index contributed by atoms with van der Waals surface area (Å²) in [6, 6.07) is 4.25. The van der Waals surface area contributed by atoms with Crippen LogP contribution in [0.5, 0.6) is 0 Å². The van der Waals surface area contributed by atoms with Gasteiger partial charge in [-0.3, -0.25) is 4.98 Å². The molecule has 5 heteroatoms. The molecule has 0 amide bonds.